The maximum Gasteiger partial charge on any atom is 0.139 e. The maximum absolute atomic E-state index is 3.98. The number of halogens is 1. The van der Waals surface area contributed by atoms with Crippen molar-refractivity contribution < 1.29 is 4.48 Å². The summed E-state index contributed by atoms with van der Waals surface area (Å²) in [5.74, 6) is 0. The van der Waals surface area contributed by atoms with Gasteiger partial charge in [-0.25, -0.2) is 14.7 Å². The molecule has 0 saturated carbocycles. The molecule has 4 aliphatic heterocycles. The summed E-state index contributed by atoms with van der Waals surface area (Å²) in [6.45, 7) is 12.1. The van der Waals surface area contributed by atoms with Crippen LogP contribution in [-0.4, -0.2) is 65.7 Å². The second kappa shape index (κ2) is 3.02. The first-order chi connectivity index (χ1) is 6.65. The molecule has 4 saturated heterocycles. The number of nitrogens with zero attached hydrogens (tertiary/aromatic N) is 4. The maximum atomic E-state index is 3.98. The van der Waals surface area contributed by atoms with Crippen LogP contribution in [0.15, 0.2) is 11.1 Å². The van der Waals surface area contributed by atoms with Crippen molar-refractivity contribution in [3.63, 3.8) is 0 Å². The van der Waals surface area contributed by atoms with Gasteiger partial charge in [0.05, 0.1) is 20.0 Å². The fourth-order valence-electron chi connectivity index (χ4n) is 3.17. The van der Waals surface area contributed by atoms with Crippen molar-refractivity contribution in [1.82, 2.24) is 14.7 Å². The Labute approximate surface area is 93.1 Å². The fraction of sp³-hybridized carbons (Fsp3) is 0.778. The highest BCUT2D eigenvalue weighted by Gasteiger charge is 2.48. The summed E-state index contributed by atoms with van der Waals surface area (Å²) in [6, 6.07) is 0. The number of quaternary nitrogens is 1. The zero-order valence-electron chi connectivity index (χ0n) is 8.32. The van der Waals surface area contributed by atoms with Crippen LogP contribution in [0, 0.1) is 0 Å². The van der Waals surface area contributed by atoms with Gasteiger partial charge in [0.15, 0.2) is 0 Å². The lowest BCUT2D eigenvalue weighted by atomic mass is 10.3. The zero-order valence-corrected chi connectivity index (χ0v) is 9.91. The Hall–Kier alpha value is 0.0600. The molecule has 0 radical (unpaired) electrons. The monoisotopic (exact) mass is 259 g/mol. The third kappa shape index (κ3) is 1.44. The highest BCUT2D eigenvalue weighted by atomic mass is 79.9. The topological polar surface area (TPSA) is 9.72 Å². The number of hydrogen-bond donors (Lipinski definition) is 0. The predicted molar refractivity (Wildman–Crippen MR) is 57.9 cm³/mol. The Kier molecular flexibility index (Phi) is 2.01. The van der Waals surface area contributed by atoms with Gasteiger partial charge in [-0.15, -0.1) is 0 Å². The second-order valence-corrected chi connectivity index (χ2v) is 6.00. The Balaban J connectivity index is 1.83. The molecule has 0 aromatic heterocycles. The van der Waals surface area contributed by atoms with Crippen LogP contribution in [0.2, 0.25) is 0 Å². The van der Waals surface area contributed by atoms with E-state index in [9.17, 15) is 0 Å². The first-order valence-electron chi connectivity index (χ1n) is 5.01. The van der Waals surface area contributed by atoms with E-state index < -0.39 is 0 Å². The molecule has 4 rings (SSSR count). The third-order valence-electron chi connectivity index (χ3n) is 3.21. The van der Waals surface area contributed by atoms with Crippen molar-refractivity contribution in [2.75, 3.05) is 46.6 Å². The Morgan fingerprint density at radius 3 is 1.86 bits per heavy atom. The van der Waals surface area contributed by atoms with Gasteiger partial charge in [0.25, 0.3) is 0 Å². The lowest BCUT2D eigenvalue weighted by Gasteiger charge is -2.60. The van der Waals surface area contributed by atoms with Gasteiger partial charge in [-0.05, 0) is 0 Å². The zero-order chi connectivity index (χ0) is 9.76. The predicted octanol–water partition coefficient (Wildman–Crippen LogP) is 0.404. The minimum absolute atomic E-state index is 1.06. The molecule has 0 aromatic rings. The van der Waals surface area contributed by atoms with E-state index in [1.807, 2.05) is 0 Å². The van der Waals surface area contributed by atoms with Crippen LogP contribution in [-0.2, 0) is 0 Å². The average molecular weight is 260 g/mol. The summed E-state index contributed by atoms with van der Waals surface area (Å²) < 4.78 is 2.27. The number of rotatable bonds is 2. The first-order valence-corrected chi connectivity index (χ1v) is 5.80. The molecule has 0 N–H and O–H groups in total. The second-order valence-electron chi connectivity index (χ2n) is 4.88. The Bertz CT molecular complexity index is 243. The molecule has 0 amide bonds. The molecule has 0 unspecified atom stereocenters. The summed E-state index contributed by atoms with van der Waals surface area (Å²) in [7, 11) is 0. The average Bonchev–Trinajstić information content (AvgIpc) is 1.96. The van der Waals surface area contributed by atoms with Gasteiger partial charge in [-0.3, -0.25) is 4.48 Å². The molecule has 78 valence electrons. The largest absolute Gasteiger partial charge is 0.282 e. The van der Waals surface area contributed by atoms with E-state index in [2.05, 4.69) is 37.2 Å². The van der Waals surface area contributed by atoms with Crippen LogP contribution in [0.25, 0.3) is 0 Å². The van der Waals surface area contributed by atoms with Gasteiger partial charge in [-0.2, -0.15) is 0 Å². The minimum atomic E-state index is 1.06. The molecule has 4 fully saturated rings. The van der Waals surface area contributed by atoms with Crippen molar-refractivity contribution in [2.24, 2.45) is 0 Å². The molecule has 4 aliphatic rings. The van der Waals surface area contributed by atoms with Gasteiger partial charge in [0, 0.05) is 4.48 Å². The molecule has 0 spiro atoms. The molecule has 4 heterocycles. The molecule has 14 heavy (non-hydrogen) atoms. The third-order valence-corrected chi connectivity index (χ3v) is 3.46. The molecule has 0 aromatic carbocycles. The van der Waals surface area contributed by atoms with Gasteiger partial charge < -0.3 is 0 Å². The van der Waals surface area contributed by atoms with Crippen molar-refractivity contribution in [3.05, 3.63) is 11.1 Å². The van der Waals surface area contributed by atoms with Crippen molar-refractivity contribution >= 4 is 15.9 Å². The molecule has 5 heteroatoms. The first kappa shape index (κ1) is 9.30. The summed E-state index contributed by atoms with van der Waals surface area (Å²) in [6.07, 6.45) is 0. The SMILES string of the molecule is C=C(Br)C[N+]12CN3CN(CN(C3)C1)C2. The molecule has 4 nitrogen and oxygen atoms in total. The van der Waals surface area contributed by atoms with Crippen LogP contribution in [0.5, 0.6) is 0 Å². The molecule has 4 bridgehead atoms. The molecule has 0 atom stereocenters. The van der Waals surface area contributed by atoms with Crippen molar-refractivity contribution in [2.45, 2.75) is 0 Å². The molecular formula is C9H16BrN4+. The van der Waals surface area contributed by atoms with E-state index in [-0.39, 0.29) is 0 Å². The van der Waals surface area contributed by atoms with Gasteiger partial charge in [-0.1, -0.05) is 22.5 Å². The molecular weight excluding hydrogens is 244 g/mol. The lowest BCUT2D eigenvalue weighted by Crippen LogP contribution is -2.79. The molecule has 0 aliphatic carbocycles. The lowest BCUT2D eigenvalue weighted by molar-refractivity contribution is -0.975. The van der Waals surface area contributed by atoms with Crippen LogP contribution in [0.1, 0.15) is 0 Å². The van der Waals surface area contributed by atoms with Crippen LogP contribution in [0.3, 0.4) is 0 Å². The normalized spacial score (nSPS) is 49.6. The summed E-state index contributed by atoms with van der Waals surface area (Å²) in [5.41, 5.74) is 0. The van der Waals surface area contributed by atoms with Gasteiger partial charge in [0.1, 0.15) is 26.6 Å². The van der Waals surface area contributed by atoms with Crippen LogP contribution < -0.4 is 0 Å². The van der Waals surface area contributed by atoms with Crippen molar-refractivity contribution in [3.8, 4) is 0 Å². The van der Waals surface area contributed by atoms with E-state index in [1.54, 1.807) is 0 Å². The van der Waals surface area contributed by atoms with E-state index in [1.165, 1.54) is 20.0 Å². The Morgan fingerprint density at radius 2 is 1.50 bits per heavy atom. The van der Waals surface area contributed by atoms with E-state index >= 15 is 0 Å². The highest BCUT2D eigenvalue weighted by Crippen LogP contribution is 2.29. The van der Waals surface area contributed by atoms with E-state index in [0.29, 0.717) is 0 Å². The minimum Gasteiger partial charge on any atom is -0.282 e. The van der Waals surface area contributed by atoms with Crippen LogP contribution in [0.4, 0.5) is 0 Å². The van der Waals surface area contributed by atoms with E-state index in [4.69, 9.17) is 0 Å². The van der Waals surface area contributed by atoms with Gasteiger partial charge >= 0.3 is 0 Å². The highest BCUT2D eigenvalue weighted by molar-refractivity contribution is 9.11. The smallest absolute Gasteiger partial charge is 0.139 e. The summed E-state index contributed by atoms with van der Waals surface area (Å²) in [4.78, 5) is 7.56. The van der Waals surface area contributed by atoms with Gasteiger partial charge in [0.2, 0.25) is 0 Å². The summed E-state index contributed by atoms with van der Waals surface area (Å²) in [5, 5.41) is 0. The quantitative estimate of drug-likeness (QED) is 0.666. The Morgan fingerprint density at radius 1 is 1.07 bits per heavy atom. The fourth-order valence-corrected chi connectivity index (χ4v) is 3.70. The van der Waals surface area contributed by atoms with Crippen molar-refractivity contribution in [1.29, 1.82) is 0 Å². The number of hydrogen-bond acceptors (Lipinski definition) is 3. The van der Waals surface area contributed by atoms with E-state index in [0.717, 1.165) is 35.5 Å². The standard InChI is InChI=1S/C9H16BrN4/c1-9(10)2-14-6-11-3-12(7-14)5-13(4-11)8-14/h1-8H2/q+1. The van der Waals surface area contributed by atoms with Crippen LogP contribution >= 0.6 is 15.9 Å². The summed E-state index contributed by atoms with van der Waals surface area (Å²) >= 11 is 3.50.